The number of likely N-dealkylation sites (tertiary alicyclic amines) is 1. The van der Waals surface area contributed by atoms with Crippen molar-refractivity contribution in [2.75, 3.05) is 38.7 Å². The van der Waals surface area contributed by atoms with E-state index in [4.69, 9.17) is 0 Å². The van der Waals surface area contributed by atoms with Crippen molar-refractivity contribution in [1.29, 1.82) is 0 Å². The van der Waals surface area contributed by atoms with Crippen molar-refractivity contribution >= 4 is 15.8 Å². The smallest absolute Gasteiger partial charge is 0.193 e. The lowest BCUT2D eigenvalue weighted by molar-refractivity contribution is 0.461. The topological polar surface area (TPSA) is 61.8 Å². The van der Waals surface area contributed by atoms with E-state index in [1.54, 1.807) is 7.05 Å². The van der Waals surface area contributed by atoms with Crippen LogP contribution in [0, 0.1) is 5.92 Å². The summed E-state index contributed by atoms with van der Waals surface area (Å²) in [6, 6.07) is 10.5. The van der Waals surface area contributed by atoms with Crippen LogP contribution in [0.25, 0.3) is 0 Å². The third kappa shape index (κ3) is 5.33. The Kier molecular flexibility index (Phi) is 5.83. The number of benzene rings is 1. The molecule has 6 heteroatoms. The zero-order valence-electron chi connectivity index (χ0n) is 13.3. The van der Waals surface area contributed by atoms with Gasteiger partial charge in [0.25, 0.3) is 0 Å². The van der Waals surface area contributed by atoms with E-state index >= 15 is 0 Å². The van der Waals surface area contributed by atoms with Crippen molar-refractivity contribution in [3.05, 3.63) is 35.9 Å². The Labute approximate surface area is 133 Å². The van der Waals surface area contributed by atoms with Gasteiger partial charge in [0.15, 0.2) is 5.96 Å². The van der Waals surface area contributed by atoms with Crippen LogP contribution >= 0.6 is 0 Å². The summed E-state index contributed by atoms with van der Waals surface area (Å²) >= 11 is 0. The van der Waals surface area contributed by atoms with E-state index in [1.807, 2.05) is 6.07 Å². The van der Waals surface area contributed by atoms with Crippen LogP contribution in [0.15, 0.2) is 35.3 Å². The first-order valence-electron chi connectivity index (χ1n) is 7.65. The van der Waals surface area contributed by atoms with Crippen molar-refractivity contribution in [3.8, 4) is 0 Å². The first-order chi connectivity index (χ1) is 10.5. The first kappa shape index (κ1) is 16.8. The van der Waals surface area contributed by atoms with Gasteiger partial charge in [0, 0.05) is 32.9 Å². The second-order valence-corrected chi connectivity index (χ2v) is 8.15. The minimum atomic E-state index is -2.94. The summed E-state index contributed by atoms with van der Waals surface area (Å²) in [5.74, 6) is 1.56. The Morgan fingerprint density at radius 3 is 2.73 bits per heavy atom. The van der Waals surface area contributed by atoms with Crippen LogP contribution in [0.4, 0.5) is 0 Å². The van der Waals surface area contributed by atoms with Crippen LogP contribution in [0.3, 0.4) is 0 Å². The molecular weight excluding hydrogens is 298 g/mol. The van der Waals surface area contributed by atoms with Crippen LogP contribution < -0.4 is 5.32 Å². The Hall–Kier alpha value is -1.56. The molecule has 1 aliphatic rings. The summed E-state index contributed by atoms with van der Waals surface area (Å²) in [5.41, 5.74) is 1.37. The lowest BCUT2D eigenvalue weighted by Gasteiger charge is -2.21. The third-order valence-corrected chi connectivity index (χ3v) is 4.87. The Morgan fingerprint density at radius 1 is 1.36 bits per heavy atom. The van der Waals surface area contributed by atoms with Crippen LogP contribution in [-0.4, -0.2) is 58.0 Å². The van der Waals surface area contributed by atoms with Crippen molar-refractivity contribution in [2.24, 2.45) is 10.9 Å². The number of nitrogens with one attached hydrogen (secondary N) is 1. The van der Waals surface area contributed by atoms with Gasteiger partial charge in [0.05, 0.1) is 5.75 Å². The molecule has 1 N–H and O–H groups in total. The number of guanidine groups is 1. The molecule has 0 aliphatic carbocycles. The number of aliphatic imine (C=N–C) groups is 1. The van der Waals surface area contributed by atoms with Gasteiger partial charge in [-0.25, -0.2) is 8.42 Å². The second kappa shape index (κ2) is 7.63. The molecule has 122 valence electrons. The highest BCUT2D eigenvalue weighted by Gasteiger charge is 2.24. The number of rotatable bonds is 5. The molecule has 1 heterocycles. The summed E-state index contributed by atoms with van der Waals surface area (Å²) in [6.07, 6.45) is 3.47. The van der Waals surface area contributed by atoms with Crippen molar-refractivity contribution in [2.45, 2.75) is 12.8 Å². The first-order valence-corrected chi connectivity index (χ1v) is 9.71. The van der Waals surface area contributed by atoms with E-state index in [0.29, 0.717) is 12.5 Å². The van der Waals surface area contributed by atoms with Gasteiger partial charge in [-0.05, 0) is 24.3 Å². The highest BCUT2D eigenvalue weighted by atomic mass is 32.2. The molecule has 1 aromatic rings. The maximum absolute atomic E-state index is 11.2. The van der Waals surface area contributed by atoms with E-state index in [9.17, 15) is 8.42 Å². The molecule has 0 spiro atoms. The molecule has 1 atom stereocenters. The molecular formula is C16H25N3O2S. The van der Waals surface area contributed by atoms with Crippen LogP contribution in [-0.2, 0) is 16.3 Å². The van der Waals surface area contributed by atoms with Gasteiger partial charge >= 0.3 is 0 Å². The normalized spacial score (nSPS) is 19.5. The molecule has 1 saturated heterocycles. The van der Waals surface area contributed by atoms with E-state index in [1.165, 1.54) is 11.8 Å². The molecule has 0 bridgehead atoms. The lowest BCUT2D eigenvalue weighted by Crippen LogP contribution is -2.41. The van der Waals surface area contributed by atoms with Gasteiger partial charge in [-0.2, -0.15) is 0 Å². The maximum Gasteiger partial charge on any atom is 0.193 e. The van der Waals surface area contributed by atoms with E-state index in [-0.39, 0.29) is 5.75 Å². The average Bonchev–Trinajstić information content (AvgIpc) is 2.92. The minimum Gasteiger partial charge on any atom is -0.355 e. The Balaban J connectivity index is 1.83. The van der Waals surface area contributed by atoms with E-state index in [0.717, 1.165) is 31.9 Å². The highest BCUT2D eigenvalue weighted by Crippen LogP contribution is 2.20. The monoisotopic (exact) mass is 323 g/mol. The summed E-state index contributed by atoms with van der Waals surface area (Å²) in [6.45, 7) is 2.34. The van der Waals surface area contributed by atoms with Gasteiger partial charge in [-0.1, -0.05) is 30.3 Å². The van der Waals surface area contributed by atoms with Gasteiger partial charge in [-0.15, -0.1) is 0 Å². The summed E-state index contributed by atoms with van der Waals surface area (Å²) in [4.78, 5) is 6.49. The zero-order chi connectivity index (χ0) is 16.0. The van der Waals surface area contributed by atoms with Gasteiger partial charge in [0.2, 0.25) is 0 Å². The molecule has 0 radical (unpaired) electrons. The quantitative estimate of drug-likeness (QED) is 0.653. The third-order valence-electron chi connectivity index (χ3n) is 3.92. The molecule has 0 amide bonds. The number of hydrogen-bond acceptors (Lipinski definition) is 3. The van der Waals surface area contributed by atoms with Crippen LogP contribution in [0.1, 0.15) is 12.0 Å². The van der Waals surface area contributed by atoms with Crippen molar-refractivity contribution in [1.82, 2.24) is 10.2 Å². The van der Waals surface area contributed by atoms with Crippen molar-refractivity contribution in [3.63, 3.8) is 0 Å². The van der Waals surface area contributed by atoms with Gasteiger partial charge < -0.3 is 10.2 Å². The van der Waals surface area contributed by atoms with E-state index < -0.39 is 9.84 Å². The highest BCUT2D eigenvalue weighted by molar-refractivity contribution is 7.90. The SMILES string of the molecule is CN=C(NCCS(C)(=O)=O)N1CCC(Cc2ccccc2)C1. The maximum atomic E-state index is 11.2. The number of hydrogen-bond donors (Lipinski definition) is 1. The molecule has 0 aromatic heterocycles. The number of sulfone groups is 1. The van der Waals surface area contributed by atoms with Gasteiger partial charge in [-0.3, -0.25) is 4.99 Å². The fourth-order valence-electron chi connectivity index (χ4n) is 2.82. The van der Waals surface area contributed by atoms with E-state index in [2.05, 4.69) is 39.5 Å². The molecule has 0 saturated carbocycles. The summed E-state index contributed by atoms with van der Waals surface area (Å²) in [7, 11) is -1.20. The van der Waals surface area contributed by atoms with Crippen LogP contribution in [0.2, 0.25) is 0 Å². The predicted octanol–water partition coefficient (Wildman–Crippen LogP) is 1.17. The molecule has 1 fully saturated rings. The molecule has 1 aliphatic heterocycles. The largest absolute Gasteiger partial charge is 0.355 e. The molecule has 5 nitrogen and oxygen atoms in total. The molecule has 22 heavy (non-hydrogen) atoms. The average molecular weight is 323 g/mol. The van der Waals surface area contributed by atoms with Gasteiger partial charge in [0.1, 0.15) is 9.84 Å². The Morgan fingerprint density at radius 2 is 2.09 bits per heavy atom. The molecule has 2 rings (SSSR count). The standard InChI is InChI=1S/C16H25N3O2S/c1-17-16(18-9-11-22(2,20)21)19-10-8-15(13-19)12-14-6-4-3-5-7-14/h3-7,15H,8-13H2,1-2H3,(H,17,18). The summed E-state index contributed by atoms with van der Waals surface area (Å²) in [5, 5.41) is 3.15. The minimum absolute atomic E-state index is 0.132. The van der Waals surface area contributed by atoms with Crippen molar-refractivity contribution < 1.29 is 8.42 Å². The fourth-order valence-corrected chi connectivity index (χ4v) is 3.29. The Bertz CT molecular complexity index is 599. The second-order valence-electron chi connectivity index (χ2n) is 5.89. The fraction of sp³-hybridized carbons (Fsp3) is 0.562. The molecule has 1 aromatic carbocycles. The summed E-state index contributed by atoms with van der Waals surface area (Å²) < 4.78 is 22.4. The number of nitrogens with zero attached hydrogens (tertiary/aromatic N) is 2. The zero-order valence-corrected chi connectivity index (χ0v) is 14.1. The lowest BCUT2D eigenvalue weighted by atomic mass is 9.99. The predicted molar refractivity (Wildman–Crippen MR) is 90.9 cm³/mol. The van der Waals surface area contributed by atoms with Crippen LogP contribution in [0.5, 0.6) is 0 Å². The molecule has 1 unspecified atom stereocenters.